The second kappa shape index (κ2) is 6.97. The van der Waals surface area contributed by atoms with E-state index in [1.54, 1.807) is 7.11 Å². The molecule has 2 rings (SSSR count). The minimum atomic E-state index is -0.120. The molecule has 0 atom stereocenters. The zero-order valence-electron chi connectivity index (χ0n) is 11.1. The molecule has 7 heteroatoms. The summed E-state index contributed by atoms with van der Waals surface area (Å²) >= 11 is 1.35. The molecule has 106 valence electrons. The number of hydrogen-bond acceptors (Lipinski definition) is 6. The number of ether oxygens (including phenoxy) is 1. The standard InChI is InChI=1S/C13H16N4O2S/c1-19-10-4-2-9(3-5-10)8-11(18)15-13-17-16-12(20-13)6-7-14/h2-5H,6-8,14H2,1H3,(H,15,17,18). The Morgan fingerprint density at radius 1 is 1.35 bits per heavy atom. The summed E-state index contributed by atoms with van der Waals surface area (Å²) < 4.78 is 5.07. The number of methoxy groups -OCH3 is 1. The van der Waals surface area contributed by atoms with Crippen molar-refractivity contribution in [1.29, 1.82) is 0 Å². The van der Waals surface area contributed by atoms with Crippen LogP contribution >= 0.6 is 11.3 Å². The van der Waals surface area contributed by atoms with Crippen LogP contribution in [0.3, 0.4) is 0 Å². The van der Waals surface area contributed by atoms with Gasteiger partial charge in [-0.3, -0.25) is 4.79 Å². The van der Waals surface area contributed by atoms with E-state index in [1.807, 2.05) is 24.3 Å². The third-order valence-corrected chi connectivity index (χ3v) is 3.49. The van der Waals surface area contributed by atoms with E-state index in [-0.39, 0.29) is 12.3 Å². The van der Waals surface area contributed by atoms with Gasteiger partial charge >= 0.3 is 0 Å². The molecule has 0 aliphatic carbocycles. The average molecular weight is 292 g/mol. The van der Waals surface area contributed by atoms with Crippen LogP contribution in [0.5, 0.6) is 5.75 Å². The lowest BCUT2D eigenvalue weighted by Gasteiger charge is -2.03. The van der Waals surface area contributed by atoms with E-state index in [9.17, 15) is 4.79 Å². The second-order valence-electron chi connectivity index (χ2n) is 4.11. The van der Waals surface area contributed by atoms with Crippen molar-refractivity contribution in [2.75, 3.05) is 19.0 Å². The highest BCUT2D eigenvalue weighted by Gasteiger charge is 2.08. The van der Waals surface area contributed by atoms with Crippen molar-refractivity contribution in [3.05, 3.63) is 34.8 Å². The number of nitrogens with zero attached hydrogens (tertiary/aromatic N) is 2. The van der Waals surface area contributed by atoms with Gasteiger partial charge < -0.3 is 15.8 Å². The molecule has 20 heavy (non-hydrogen) atoms. The summed E-state index contributed by atoms with van der Waals surface area (Å²) in [4.78, 5) is 11.9. The Hall–Kier alpha value is -1.99. The second-order valence-corrected chi connectivity index (χ2v) is 5.17. The van der Waals surface area contributed by atoms with Gasteiger partial charge in [-0.15, -0.1) is 10.2 Å². The first-order valence-electron chi connectivity index (χ1n) is 6.16. The fourth-order valence-electron chi connectivity index (χ4n) is 1.62. The highest BCUT2D eigenvalue weighted by molar-refractivity contribution is 7.15. The number of carbonyl (C=O) groups excluding carboxylic acids is 1. The normalized spacial score (nSPS) is 10.3. The van der Waals surface area contributed by atoms with Gasteiger partial charge in [0.25, 0.3) is 0 Å². The number of rotatable bonds is 6. The SMILES string of the molecule is COc1ccc(CC(=O)Nc2nnc(CCN)s2)cc1. The minimum absolute atomic E-state index is 0.120. The number of nitrogens with one attached hydrogen (secondary N) is 1. The maximum absolute atomic E-state index is 11.9. The molecule has 0 fully saturated rings. The Morgan fingerprint density at radius 3 is 2.75 bits per heavy atom. The number of carbonyl (C=O) groups is 1. The lowest BCUT2D eigenvalue weighted by Crippen LogP contribution is -2.14. The van der Waals surface area contributed by atoms with Crippen LogP contribution in [0.2, 0.25) is 0 Å². The lowest BCUT2D eigenvalue weighted by atomic mass is 10.1. The van der Waals surface area contributed by atoms with E-state index >= 15 is 0 Å². The first kappa shape index (κ1) is 14.4. The molecule has 0 aliphatic rings. The number of amides is 1. The van der Waals surface area contributed by atoms with Crippen LogP contribution in [-0.2, 0) is 17.6 Å². The van der Waals surface area contributed by atoms with E-state index in [2.05, 4.69) is 15.5 Å². The summed E-state index contributed by atoms with van der Waals surface area (Å²) in [7, 11) is 1.61. The predicted octanol–water partition coefficient (Wildman–Crippen LogP) is 1.23. The highest BCUT2D eigenvalue weighted by Crippen LogP contribution is 2.16. The largest absolute Gasteiger partial charge is 0.497 e. The quantitative estimate of drug-likeness (QED) is 0.835. The number of benzene rings is 1. The molecule has 0 unspecified atom stereocenters. The van der Waals surface area contributed by atoms with Gasteiger partial charge in [0.1, 0.15) is 10.8 Å². The van der Waals surface area contributed by atoms with Gasteiger partial charge in [-0.2, -0.15) is 0 Å². The molecule has 1 aromatic heterocycles. The van der Waals surface area contributed by atoms with Gasteiger partial charge in [0, 0.05) is 6.42 Å². The number of anilines is 1. The Bertz CT molecular complexity index is 568. The van der Waals surface area contributed by atoms with Crippen LogP contribution in [0.4, 0.5) is 5.13 Å². The molecule has 0 spiro atoms. The summed E-state index contributed by atoms with van der Waals surface area (Å²) in [6, 6.07) is 7.37. The Labute approximate surface area is 121 Å². The van der Waals surface area contributed by atoms with Gasteiger partial charge in [0.05, 0.1) is 13.5 Å². The third-order valence-electron chi connectivity index (χ3n) is 2.60. The van der Waals surface area contributed by atoms with E-state index in [0.717, 1.165) is 16.3 Å². The Kier molecular flexibility index (Phi) is 5.03. The van der Waals surface area contributed by atoms with Crippen LogP contribution in [0.15, 0.2) is 24.3 Å². The van der Waals surface area contributed by atoms with Crippen LogP contribution in [0.25, 0.3) is 0 Å². The zero-order chi connectivity index (χ0) is 14.4. The molecular weight excluding hydrogens is 276 g/mol. The highest BCUT2D eigenvalue weighted by atomic mass is 32.1. The molecule has 0 radical (unpaired) electrons. The minimum Gasteiger partial charge on any atom is -0.497 e. The van der Waals surface area contributed by atoms with Crippen molar-refractivity contribution in [2.45, 2.75) is 12.8 Å². The maximum atomic E-state index is 11.9. The van der Waals surface area contributed by atoms with Gasteiger partial charge in [-0.05, 0) is 24.2 Å². The average Bonchev–Trinajstić information content (AvgIpc) is 2.87. The van der Waals surface area contributed by atoms with Gasteiger partial charge in [-0.25, -0.2) is 0 Å². The molecular formula is C13H16N4O2S. The number of nitrogens with two attached hydrogens (primary N) is 1. The fraction of sp³-hybridized carbons (Fsp3) is 0.308. The van der Waals surface area contributed by atoms with Crippen LogP contribution in [-0.4, -0.2) is 29.8 Å². The van der Waals surface area contributed by atoms with Gasteiger partial charge in [-0.1, -0.05) is 23.5 Å². The first-order valence-corrected chi connectivity index (χ1v) is 6.98. The van der Waals surface area contributed by atoms with Crippen molar-refractivity contribution in [3.8, 4) is 5.75 Å². The van der Waals surface area contributed by atoms with Crippen molar-refractivity contribution in [3.63, 3.8) is 0 Å². The van der Waals surface area contributed by atoms with Gasteiger partial charge in [0.15, 0.2) is 0 Å². The molecule has 1 aromatic carbocycles. The molecule has 1 heterocycles. The van der Waals surface area contributed by atoms with E-state index < -0.39 is 0 Å². The molecule has 0 aliphatic heterocycles. The maximum Gasteiger partial charge on any atom is 0.230 e. The topological polar surface area (TPSA) is 90.1 Å². The van der Waals surface area contributed by atoms with E-state index in [0.29, 0.717) is 18.1 Å². The van der Waals surface area contributed by atoms with Gasteiger partial charge in [0.2, 0.25) is 11.0 Å². The molecule has 0 bridgehead atoms. The molecule has 0 saturated heterocycles. The van der Waals surface area contributed by atoms with E-state index in [4.69, 9.17) is 10.5 Å². The molecule has 6 nitrogen and oxygen atoms in total. The van der Waals surface area contributed by atoms with Crippen LogP contribution in [0.1, 0.15) is 10.6 Å². The number of hydrogen-bond donors (Lipinski definition) is 2. The summed E-state index contributed by atoms with van der Waals surface area (Å²) in [6.45, 7) is 0.522. The molecule has 0 saturated carbocycles. The van der Waals surface area contributed by atoms with Crippen molar-refractivity contribution in [2.24, 2.45) is 5.73 Å². The van der Waals surface area contributed by atoms with Crippen molar-refractivity contribution in [1.82, 2.24) is 10.2 Å². The summed E-state index contributed by atoms with van der Waals surface area (Å²) in [5.74, 6) is 0.648. The monoisotopic (exact) mass is 292 g/mol. The fourth-order valence-corrected chi connectivity index (χ4v) is 2.39. The summed E-state index contributed by atoms with van der Waals surface area (Å²) in [5, 5.41) is 11.9. The first-order chi connectivity index (χ1) is 9.71. The zero-order valence-corrected chi connectivity index (χ0v) is 11.9. The van der Waals surface area contributed by atoms with Crippen molar-refractivity contribution < 1.29 is 9.53 Å². The molecule has 2 aromatic rings. The Morgan fingerprint density at radius 2 is 2.10 bits per heavy atom. The summed E-state index contributed by atoms with van der Waals surface area (Å²) in [5.41, 5.74) is 6.35. The van der Waals surface area contributed by atoms with Crippen LogP contribution < -0.4 is 15.8 Å². The molecule has 3 N–H and O–H groups in total. The predicted molar refractivity (Wildman–Crippen MR) is 78.0 cm³/mol. The van der Waals surface area contributed by atoms with E-state index in [1.165, 1.54) is 11.3 Å². The smallest absolute Gasteiger partial charge is 0.230 e. The van der Waals surface area contributed by atoms with Crippen molar-refractivity contribution >= 4 is 22.4 Å². The Balaban J connectivity index is 1.90. The molecule has 1 amide bonds. The summed E-state index contributed by atoms with van der Waals surface area (Å²) in [6.07, 6.45) is 0.960. The lowest BCUT2D eigenvalue weighted by molar-refractivity contribution is -0.115. The van der Waals surface area contributed by atoms with Crippen LogP contribution in [0, 0.1) is 0 Å². The number of aromatic nitrogens is 2. The third kappa shape index (κ3) is 4.01.